The molecule has 0 radical (unpaired) electrons. The number of hydrogen-bond donors (Lipinski definition) is 1. The van der Waals surface area contributed by atoms with Gasteiger partial charge < -0.3 is 0 Å². The lowest BCUT2D eigenvalue weighted by Gasteiger charge is -2.09. The topological polar surface area (TPSA) is 12.9 Å². The van der Waals surface area contributed by atoms with E-state index in [9.17, 15) is 0 Å². The lowest BCUT2D eigenvalue weighted by Crippen LogP contribution is -1.84. The van der Waals surface area contributed by atoms with Gasteiger partial charge >= 0.3 is 0 Å². The predicted octanol–water partition coefficient (Wildman–Crippen LogP) is 10.0. The molecule has 0 aliphatic rings. The molecule has 0 bridgehead atoms. The molecule has 2 aromatic heterocycles. The fourth-order valence-electron chi connectivity index (χ4n) is 5.05. The van der Waals surface area contributed by atoms with Gasteiger partial charge in [-0.2, -0.15) is 12.6 Å². The van der Waals surface area contributed by atoms with E-state index in [1.807, 2.05) is 12.3 Å². The van der Waals surface area contributed by atoms with Crippen molar-refractivity contribution in [2.75, 3.05) is 0 Å². The maximum Gasteiger partial charge on any atom is 0.124 e. The van der Waals surface area contributed by atoms with E-state index in [1.165, 1.54) is 65.2 Å². The van der Waals surface area contributed by atoms with Crippen LogP contribution >= 0.6 is 24.0 Å². The Bertz CT molecular complexity index is 1900. The average molecular weight is 510 g/mol. The van der Waals surface area contributed by atoms with E-state index in [-0.39, 0.29) is 0 Å². The number of rotatable bonds is 4. The smallest absolute Gasteiger partial charge is 0.124 e. The summed E-state index contributed by atoms with van der Waals surface area (Å²) in [5.41, 5.74) is 8.62. The van der Waals surface area contributed by atoms with Crippen LogP contribution in [0.3, 0.4) is 0 Å². The third-order valence-electron chi connectivity index (χ3n) is 7.11. The summed E-state index contributed by atoms with van der Waals surface area (Å²) in [5.74, 6) is 0.764. The largest absolute Gasteiger partial charge is 0.245 e. The lowest BCUT2D eigenvalue weighted by atomic mass is 9.96. The Kier molecular flexibility index (Phi) is 5.53. The molecule has 5 aromatic carbocycles. The first-order valence-electron chi connectivity index (χ1n) is 12.4. The Morgan fingerprint density at radius 2 is 1.08 bits per heavy atom. The van der Waals surface area contributed by atoms with Crippen LogP contribution in [0.15, 0.2) is 121 Å². The van der Waals surface area contributed by atoms with E-state index < -0.39 is 0 Å². The first-order valence-corrected chi connectivity index (χ1v) is 13.8. The molecule has 0 unspecified atom stereocenters. The predicted molar refractivity (Wildman–Crippen MR) is 164 cm³/mol. The number of pyridine rings is 1. The number of thiol groups is 1. The molecule has 176 valence electrons. The van der Waals surface area contributed by atoms with Crippen LogP contribution < -0.4 is 0 Å². The summed E-state index contributed by atoms with van der Waals surface area (Å²) in [6.45, 7) is 0. The normalized spacial score (nSPS) is 11.5. The van der Waals surface area contributed by atoms with Crippen molar-refractivity contribution >= 4 is 55.0 Å². The second kappa shape index (κ2) is 9.19. The molecule has 0 saturated carbocycles. The van der Waals surface area contributed by atoms with E-state index in [1.54, 1.807) is 11.3 Å². The van der Waals surface area contributed by atoms with Crippen molar-refractivity contribution in [3.05, 3.63) is 127 Å². The molecule has 0 N–H and O–H groups in total. The quantitative estimate of drug-likeness (QED) is 0.233. The Hall–Kier alpha value is -3.92. The molecule has 0 atom stereocenters. The molecule has 7 aromatic rings. The second-order valence-electron chi connectivity index (χ2n) is 9.38. The van der Waals surface area contributed by atoms with Gasteiger partial charge in [-0.25, -0.2) is 4.98 Å². The molecule has 2 heterocycles. The zero-order valence-corrected chi connectivity index (χ0v) is 21.8. The number of hydrogen-bond acceptors (Lipinski definition) is 3. The van der Waals surface area contributed by atoms with E-state index in [2.05, 4.69) is 127 Å². The maximum absolute atomic E-state index is 4.53. The molecular formula is C34H23NS2. The molecule has 1 nitrogen and oxygen atoms in total. The van der Waals surface area contributed by atoms with Gasteiger partial charge in [-0.1, -0.05) is 78.9 Å². The van der Waals surface area contributed by atoms with Crippen molar-refractivity contribution in [3.8, 4) is 33.4 Å². The molecule has 37 heavy (non-hydrogen) atoms. The van der Waals surface area contributed by atoms with E-state index in [0.29, 0.717) is 0 Å². The Morgan fingerprint density at radius 1 is 0.541 bits per heavy atom. The van der Waals surface area contributed by atoms with Gasteiger partial charge in [-0.05, 0) is 86.1 Å². The van der Waals surface area contributed by atoms with Gasteiger partial charge in [0, 0.05) is 27.4 Å². The minimum Gasteiger partial charge on any atom is -0.245 e. The van der Waals surface area contributed by atoms with Gasteiger partial charge in [-0.3, -0.25) is 0 Å². The number of thiophene rings is 1. The first-order chi connectivity index (χ1) is 18.2. The van der Waals surface area contributed by atoms with E-state index in [0.717, 1.165) is 10.6 Å². The van der Waals surface area contributed by atoms with Crippen molar-refractivity contribution < 1.29 is 0 Å². The van der Waals surface area contributed by atoms with Gasteiger partial charge in [0.05, 0.1) is 0 Å². The zero-order chi connectivity index (χ0) is 24.8. The number of benzene rings is 5. The maximum atomic E-state index is 4.53. The Labute approximate surface area is 225 Å². The van der Waals surface area contributed by atoms with Crippen LogP contribution in [0.5, 0.6) is 0 Å². The monoisotopic (exact) mass is 509 g/mol. The first kappa shape index (κ1) is 22.3. The van der Waals surface area contributed by atoms with Crippen LogP contribution in [0.1, 0.15) is 5.56 Å². The molecule has 0 aliphatic carbocycles. The molecule has 3 heteroatoms. The van der Waals surface area contributed by atoms with Gasteiger partial charge in [0.2, 0.25) is 0 Å². The van der Waals surface area contributed by atoms with Crippen LogP contribution in [-0.2, 0) is 5.75 Å². The van der Waals surface area contributed by atoms with Crippen molar-refractivity contribution in [2.24, 2.45) is 0 Å². The summed E-state index contributed by atoms with van der Waals surface area (Å²) < 4.78 is 1.28. The van der Waals surface area contributed by atoms with Gasteiger partial charge in [0.1, 0.15) is 4.83 Å². The van der Waals surface area contributed by atoms with Crippen molar-refractivity contribution in [2.45, 2.75) is 5.75 Å². The summed E-state index contributed by atoms with van der Waals surface area (Å²) >= 11 is 6.12. The molecule has 0 spiro atoms. The molecular weight excluding hydrogens is 487 g/mol. The molecule has 0 amide bonds. The van der Waals surface area contributed by atoms with Gasteiger partial charge in [0.15, 0.2) is 0 Å². The van der Waals surface area contributed by atoms with Crippen LogP contribution in [0, 0.1) is 0 Å². The fraction of sp³-hybridized carbons (Fsp3) is 0.0294. The second-order valence-corrected chi connectivity index (χ2v) is 10.7. The van der Waals surface area contributed by atoms with Crippen molar-refractivity contribution in [3.63, 3.8) is 0 Å². The standard InChI is InChI=1S/C34H23NS2/c36-21-22-3-5-23(6-4-22)26-11-13-29-19-27(12-14-28(29)18-26)24-7-9-25(10-8-24)30-15-16-33-32(20-30)31-2-1-17-35-34(31)37-33/h1-20,36H,21H2. The lowest BCUT2D eigenvalue weighted by molar-refractivity contribution is 1.43. The van der Waals surface area contributed by atoms with Crippen LogP contribution in [0.4, 0.5) is 0 Å². The number of nitrogens with zero attached hydrogens (tertiary/aromatic N) is 1. The highest BCUT2D eigenvalue weighted by atomic mass is 32.1. The highest BCUT2D eigenvalue weighted by Crippen LogP contribution is 2.36. The van der Waals surface area contributed by atoms with E-state index in [4.69, 9.17) is 0 Å². The minimum absolute atomic E-state index is 0.764. The Balaban J connectivity index is 1.19. The molecule has 0 saturated heterocycles. The van der Waals surface area contributed by atoms with Crippen molar-refractivity contribution in [1.82, 2.24) is 4.98 Å². The average Bonchev–Trinajstić information content (AvgIpc) is 3.35. The summed E-state index contributed by atoms with van der Waals surface area (Å²) in [5, 5.41) is 5.01. The van der Waals surface area contributed by atoms with Crippen LogP contribution in [0.2, 0.25) is 0 Å². The summed E-state index contributed by atoms with van der Waals surface area (Å²) in [6, 6.07) is 41.9. The molecule has 0 fully saturated rings. The SMILES string of the molecule is SCc1ccc(-c2ccc3cc(-c4ccc(-c5ccc6sc7ncccc7c6c5)cc4)ccc3c2)cc1. The van der Waals surface area contributed by atoms with Crippen molar-refractivity contribution in [1.29, 1.82) is 0 Å². The third kappa shape index (κ3) is 4.11. The van der Waals surface area contributed by atoms with E-state index >= 15 is 0 Å². The fourth-order valence-corrected chi connectivity index (χ4v) is 6.29. The Morgan fingerprint density at radius 3 is 1.70 bits per heavy atom. The van der Waals surface area contributed by atoms with Gasteiger partial charge in [0.25, 0.3) is 0 Å². The zero-order valence-electron chi connectivity index (χ0n) is 20.1. The molecule has 0 aliphatic heterocycles. The van der Waals surface area contributed by atoms with Crippen LogP contribution in [0.25, 0.3) is 64.5 Å². The third-order valence-corrected chi connectivity index (χ3v) is 8.57. The van der Waals surface area contributed by atoms with Crippen LogP contribution in [-0.4, -0.2) is 4.98 Å². The summed E-state index contributed by atoms with van der Waals surface area (Å²) in [4.78, 5) is 5.63. The summed E-state index contributed by atoms with van der Waals surface area (Å²) in [7, 11) is 0. The number of fused-ring (bicyclic) bond motifs is 4. The van der Waals surface area contributed by atoms with Gasteiger partial charge in [-0.15, -0.1) is 11.3 Å². The highest BCUT2D eigenvalue weighted by Gasteiger charge is 2.08. The highest BCUT2D eigenvalue weighted by molar-refractivity contribution is 7.79. The molecule has 7 rings (SSSR count). The summed E-state index contributed by atoms with van der Waals surface area (Å²) in [6.07, 6.45) is 1.87. The minimum atomic E-state index is 0.764. The number of aromatic nitrogens is 1.